The molecular weight excluding hydrogens is 156 g/mol. The smallest absolute Gasteiger partial charge is 0.289 e. The van der Waals surface area contributed by atoms with Crippen LogP contribution in [0.1, 0.15) is 19.3 Å². The Balaban J connectivity index is 2.04. The Morgan fingerprint density at radius 3 is 2.17 bits per heavy atom. The second-order valence-corrected chi connectivity index (χ2v) is 3.26. The van der Waals surface area contributed by atoms with Crippen molar-refractivity contribution in [3.05, 3.63) is 0 Å². The highest BCUT2D eigenvalue weighted by Gasteiger charge is 2.34. The summed E-state index contributed by atoms with van der Waals surface area (Å²) in [4.78, 5) is 22.2. The average molecular weight is 168 g/mol. The first-order chi connectivity index (χ1) is 5.79. The molecule has 0 N–H and O–H groups in total. The summed E-state index contributed by atoms with van der Waals surface area (Å²) in [7, 11) is 0. The molecule has 0 aromatic heterocycles. The zero-order valence-electron chi connectivity index (χ0n) is 6.95. The molecule has 0 aromatic carbocycles. The minimum Gasteiger partial charge on any atom is -0.289 e. The van der Waals surface area contributed by atoms with Crippen LogP contribution >= 0.6 is 0 Å². The summed E-state index contributed by atoms with van der Waals surface area (Å²) in [6.45, 7) is 2.45. The van der Waals surface area contributed by atoms with Crippen LogP contribution in [0.5, 0.6) is 0 Å². The van der Waals surface area contributed by atoms with Gasteiger partial charge in [-0.3, -0.25) is 14.6 Å². The van der Waals surface area contributed by atoms with Gasteiger partial charge in [0.15, 0.2) is 0 Å². The highest BCUT2D eigenvalue weighted by atomic mass is 16.2. The van der Waals surface area contributed by atoms with Gasteiger partial charge in [0.25, 0.3) is 0 Å². The Labute approximate surface area is 71.1 Å². The van der Waals surface area contributed by atoms with Crippen molar-refractivity contribution in [2.24, 2.45) is 0 Å². The van der Waals surface area contributed by atoms with E-state index in [1.165, 1.54) is 0 Å². The molecule has 0 aliphatic carbocycles. The molecular formula is C8H12N2O2. The first-order valence-electron chi connectivity index (χ1n) is 4.38. The number of carbonyl (C=O) groups is 2. The molecule has 0 aromatic rings. The summed E-state index contributed by atoms with van der Waals surface area (Å²) in [5.41, 5.74) is 0. The van der Waals surface area contributed by atoms with Gasteiger partial charge in [-0.2, -0.15) is 0 Å². The van der Waals surface area contributed by atoms with E-state index < -0.39 is 0 Å². The number of hydrogen-bond donors (Lipinski definition) is 0. The van der Waals surface area contributed by atoms with Crippen LogP contribution in [0.15, 0.2) is 0 Å². The summed E-state index contributed by atoms with van der Waals surface area (Å²) in [6.07, 6.45) is 2.67. The molecule has 0 spiro atoms. The minimum atomic E-state index is -0.308. The van der Waals surface area contributed by atoms with E-state index in [0.717, 1.165) is 25.9 Å². The van der Waals surface area contributed by atoms with Crippen molar-refractivity contribution in [1.29, 1.82) is 0 Å². The molecule has 4 heteroatoms. The van der Waals surface area contributed by atoms with Crippen molar-refractivity contribution in [2.45, 2.75) is 19.3 Å². The maximum atomic E-state index is 11.2. The van der Waals surface area contributed by atoms with Crippen LogP contribution in [0.3, 0.4) is 0 Å². The molecule has 0 atom stereocenters. The zero-order valence-corrected chi connectivity index (χ0v) is 6.95. The Morgan fingerprint density at radius 1 is 1.00 bits per heavy atom. The first kappa shape index (κ1) is 7.73. The Kier molecular flexibility index (Phi) is 1.84. The van der Waals surface area contributed by atoms with Gasteiger partial charge in [0, 0.05) is 26.1 Å². The summed E-state index contributed by atoms with van der Waals surface area (Å²) in [5, 5.41) is 3.60. The monoisotopic (exact) mass is 168 g/mol. The van der Waals surface area contributed by atoms with Crippen LogP contribution in [-0.4, -0.2) is 41.3 Å². The topological polar surface area (TPSA) is 40.6 Å². The summed E-state index contributed by atoms with van der Waals surface area (Å²) < 4.78 is 0. The molecule has 2 fully saturated rings. The molecule has 2 heterocycles. The number of nitrogens with zero attached hydrogens (tertiary/aromatic N) is 2. The van der Waals surface area contributed by atoms with Crippen molar-refractivity contribution >= 4 is 11.7 Å². The third kappa shape index (κ3) is 1.12. The minimum absolute atomic E-state index is 0.234. The van der Waals surface area contributed by atoms with Crippen molar-refractivity contribution in [3.8, 4) is 0 Å². The normalized spacial score (nSPS) is 25.8. The number of hydrogen-bond acceptors (Lipinski definition) is 3. The molecule has 12 heavy (non-hydrogen) atoms. The standard InChI is InChI=1S/C8H12N2O2/c11-7-3-6-10(8(7)12)9-4-1-2-5-9/h1-6H2. The van der Waals surface area contributed by atoms with Crippen molar-refractivity contribution < 1.29 is 9.59 Å². The maximum Gasteiger partial charge on any atom is 0.304 e. The number of Topliss-reactive ketones (excluding diaryl/α,β-unsaturated/α-hetero) is 1. The van der Waals surface area contributed by atoms with E-state index in [0.29, 0.717) is 13.0 Å². The molecule has 2 rings (SSSR count). The Hall–Kier alpha value is -0.900. The van der Waals surface area contributed by atoms with Gasteiger partial charge >= 0.3 is 5.91 Å². The zero-order chi connectivity index (χ0) is 8.55. The number of hydrazine groups is 1. The van der Waals surface area contributed by atoms with Crippen molar-refractivity contribution in [3.63, 3.8) is 0 Å². The molecule has 0 bridgehead atoms. The lowest BCUT2D eigenvalue weighted by molar-refractivity contribution is -0.149. The van der Waals surface area contributed by atoms with Gasteiger partial charge in [0.1, 0.15) is 0 Å². The van der Waals surface area contributed by atoms with Crippen molar-refractivity contribution in [1.82, 2.24) is 10.0 Å². The van der Waals surface area contributed by atoms with Crippen LogP contribution in [0.25, 0.3) is 0 Å². The second-order valence-electron chi connectivity index (χ2n) is 3.26. The number of amides is 1. The highest BCUT2D eigenvalue weighted by molar-refractivity contribution is 6.37. The van der Waals surface area contributed by atoms with E-state index in [4.69, 9.17) is 0 Å². The first-order valence-corrected chi connectivity index (χ1v) is 4.38. The third-order valence-electron chi connectivity index (χ3n) is 2.45. The molecule has 2 aliphatic rings. The van der Waals surface area contributed by atoms with E-state index >= 15 is 0 Å². The van der Waals surface area contributed by atoms with E-state index in [2.05, 4.69) is 0 Å². The van der Waals surface area contributed by atoms with Crippen LogP contribution in [0.2, 0.25) is 0 Å². The summed E-state index contributed by atoms with van der Waals surface area (Å²) >= 11 is 0. The van der Waals surface area contributed by atoms with Crippen LogP contribution in [-0.2, 0) is 9.59 Å². The van der Waals surface area contributed by atoms with Gasteiger partial charge in [-0.1, -0.05) is 0 Å². The molecule has 4 nitrogen and oxygen atoms in total. The predicted octanol–water partition coefficient (Wildman–Crippen LogP) is -0.201. The Morgan fingerprint density at radius 2 is 1.67 bits per heavy atom. The SMILES string of the molecule is O=C1CCN(N2CCCC2)C1=O. The fraction of sp³-hybridized carbons (Fsp3) is 0.750. The summed E-state index contributed by atoms with van der Waals surface area (Å²) in [5.74, 6) is -0.543. The molecule has 2 aliphatic heterocycles. The highest BCUT2D eigenvalue weighted by Crippen LogP contribution is 2.16. The number of ketones is 1. The predicted molar refractivity (Wildman–Crippen MR) is 42.1 cm³/mol. The van der Waals surface area contributed by atoms with Gasteiger partial charge in [-0.05, 0) is 12.8 Å². The van der Waals surface area contributed by atoms with Crippen LogP contribution in [0, 0.1) is 0 Å². The molecule has 0 radical (unpaired) electrons. The van der Waals surface area contributed by atoms with Gasteiger partial charge in [0.2, 0.25) is 5.78 Å². The summed E-state index contributed by atoms with van der Waals surface area (Å²) in [6, 6.07) is 0. The Bertz CT molecular complexity index is 221. The molecule has 66 valence electrons. The average Bonchev–Trinajstić information content (AvgIpc) is 2.64. The van der Waals surface area contributed by atoms with Gasteiger partial charge in [-0.15, -0.1) is 0 Å². The second kappa shape index (κ2) is 2.86. The van der Waals surface area contributed by atoms with Crippen molar-refractivity contribution in [2.75, 3.05) is 19.6 Å². The van der Waals surface area contributed by atoms with E-state index in [1.54, 1.807) is 5.01 Å². The fourth-order valence-electron chi connectivity index (χ4n) is 1.77. The van der Waals surface area contributed by atoms with Gasteiger partial charge < -0.3 is 0 Å². The van der Waals surface area contributed by atoms with E-state index in [1.807, 2.05) is 5.01 Å². The maximum absolute atomic E-state index is 11.2. The van der Waals surface area contributed by atoms with Gasteiger partial charge in [-0.25, -0.2) is 5.01 Å². The lowest BCUT2D eigenvalue weighted by Crippen LogP contribution is -2.42. The number of rotatable bonds is 1. The van der Waals surface area contributed by atoms with Crippen LogP contribution < -0.4 is 0 Å². The third-order valence-corrected chi connectivity index (χ3v) is 2.45. The largest absolute Gasteiger partial charge is 0.304 e. The molecule has 0 unspecified atom stereocenters. The molecule has 2 saturated heterocycles. The fourth-order valence-corrected chi connectivity index (χ4v) is 1.77. The quantitative estimate of drug-likeness (QED) is 0.509. The van der Waals surface area contributed by atoms with Gasteiger partial charge in [0.05, 0.1) is 0 Å². The molecule has 1 amide bonds. The number of carbonyl (C=O) groups excluding carboxylic acids is 2. The lowest BCUT2D eigenvalue weighted by Gasteiger charge is -2.25. The van der Waals surface area contributed by atoms with E-state index in [9.17, 15) is 9.59 Å². The van der Waals surface area contributed by atoms with E-state index in [-0.39, 0.29) is 11.7 Å². The lowest BCUT2D eigenvalue weighted by atomic mass is 10.3. The van der Waals surface area contributed by atoms with Crippen LogP contribution in [0.4, 0.5) is 0 Å². The molecule has 0 saturated carbocycles.